The highest BCUT2D eigenvalue weighted by Gasteiger charge is 2.48. The van der Waals surface area contributed by atoms with Gasteiger partial charge in [-0.25, -0.2) is 4.99 Å². The number of ether oxygens (including phenoxy) is 2. The van der Waals surface area contributed by atoms with E-state index >= 15 is 0 Å². The van der Waals surface area contributed by atoms with Crippen LogP contribution in [0.25, 0.3) is 0 Å². The standard InChI is InChI=1S/C15H18INO2.BF4/c1-14(2)15(3,4)19-13(18-14)9-10-17-12-7-5-11(16)6-8-12;2-1(3,4)5/h5-10H,1-4H3;/q;-1/p+1. The quantitative estimate of drug-likeness (QED) is 0.316. The number of nitrogens with one attached hydrogen (secondary N) is 1. The Kier molecular flexibility index (Phi) is 6.71. The van der Waals surface area contributed by atoms with Crippen LogP contribution in [0.15, 0.2) is 36.3 Å². The number of halogens is 5. The molecule has 1 aromatic carbocycles. The largest absolute Gasteiger partial charge is 0.673 e. The first kappa shape index (κ1) is 20.8. The van der Waals surface area contributed by atoms with Crippen molar-refractivity contribution < 1.29 is 31.7 Å². The van der Waals surface area contributed by atoms with Crippen LogP contribution in [-0.2, 0) is 9.47 Å². The van der Waals surface area contributed by atoms with Gasteiger partial charge in [0, 0.05) is 15.7 Å². The maximum atomic E-state index is 9.75. The molecule has 1 aliphatic rings. The van der Waals surface area contributed by atoms with E-state index in [0.717, 1.165) is 5.69 Å². The smallest absolute Gasteiger partial charge is 0.455 e. The van der Waals surface area contributed by atoms with Gasteiger partial charge in [-0.2, -0.15) is 0 Å². The van der Waals surface area contributed by atoms with E-state index in [0.29, 0.717) is 5.95 Å². The van der Waals surface area contributed by atoms with Gasteiger partial charge in [0.25, 0.3) is 5.95 Å². The Labute approximate surface area is 152 Å². The second-order valence-electron chi connectivity index (χ2n) is 6.02. The molecular formula is C15H19BF4INO2. The van der Waals surface area contributed by atoms with Crippen LogP contribution in [0.2, 0.25) is 0 Å². The van der Waals surface area contributed by atoms with Crippen LogP contribution in [-0.4, -0.2) is 24.7 Å². The van der Waals surface area contributed by atoms with Crippen molar-refractivity contribution in [3.63, 3.8) is 0 Å². The third-order valence-electron chi connectivity index (χ3n) is 3.48. The highest BCUT2D eigenvalue weighted by Crippen LogP contribution is 2.39. The molecule has 2 rings (SSSR count). The average molecular weight is 459 g/mol. The molecule has 0 amide bonds. The highest BCUT2D eigenvalue weighted by atomic mass is 127. The molecule has 0 radical (unpaired) electrons. The van der Waals surface area contributed by atoms with Crippen molar-refractivity contribution in [3.05, 3.63) is 39.9 Å². The average Bonchev–Trinajstić information content (AvgIpc) is 2.58. The summed E-state index contributed by atoms with van der Waals surface area (Å²) in [6.07, 6.45) is 3.64. The Morgan fingerprint density at radius 3 is 1.79 bits per heavy atom. The lowest BCUT2D eigenvalue weighted by molar-refractivity contribution is -0.346. The molecule has 3 nitrogen and oxygen atoms in total. The summed E-state index contributed by atoms with van der Waals surface area (Å²) in [5.74, 6) is 0.549. The van der Waals surface area contributed by atoms with Gasteiger partial charge in [0.1, 0.15) is 11.2 Å². The van der Waals surface area contributed by atoms with Gasteiger partial charge in [-0.3, -0.25) is 0 Å². The fourth-order valence-electron chi connectivity index (χ4n) is 1.59. The van der Waals surface area contributed by atoms with E-state index in [2.05, 4.69) is 39.7 Å². The molecule has 9 heteroatoms. The van der Waals surface area contributed by atoms with Crippen LogP contribution in [0.1, 0.15) is 27.7 Å². The van der Waals surface area contributed by atoms with Crippen LogP contribution in [0.4, 0.5) is 23.0 Å². The second-order valence-corrected chi connectivity index (χ2v) is 7.27. The summed E-state index contributed by atoms with van der Waals surface area (Å²) >= 11 is 2.28. The minimum atomic E-state index is -6.00. The number of rotatable bonds is 2. The van der Waals surface area contributed by atoms with Crippen LogP contribution < -0.4 is 4.99 Å². The summed E-state index contributed by atoms with van der Waals surface area (Å²) in [5.41, 5.74) is 0.388. The van der Waals surface area contributed by atoms with Crippen LogP contribution in [0.3, 0.4) is 0 Å². The normalized spacial score (nSPS) is 18.5. The van der Waals surface area contributed by atoms with Crippen LogP contribution >= 0.6 is 22.6 Å². The summed E-state index contributed by atoms with van der Waals surface area (Å²) in [5, 5.41) is 0. The highest BCUT2D eigenvalue weighted by molar-refractivity contribution is 14.1. The Morgan fingerprint density at radius 1 is 0.958 bits per heavy atom. The van der Waals surface area contributed by atoms with E-state index in [4.69, 9.17) is 9.47 Å². The predicted molar refractivity (Wildman–Crippen MR) is 94.4 cm³/mol. The van der Waals surface area contributed by atoms with Crippen LogP contribution in [0, 0.1) is 3.57 Å². The molecule has 1 N–H and O–H groups in total. The fraction of sp³-hybridized carbons (Fsp3) is 0.400. The van der Waals surface area contributed by atoms with Crippen LogP contribution in [0.5, 0.6) is 0 Å². The van der Waals surface area contributed by atoms with Crippen molar-refractivity contribution in [2.45, 2.75) is 38.9 Å². The molecule has 1 fully saturated rings. The summed E-state index contributed by atoms with van der Waals surface area (Å²) in [4.78, 5) is 3.19. The number of hydrogen-bond donors (Lipinski definition) is 1. The Balaban J connectivity index is 0.000000505. The molecule has 24 heavy (non-hydrogen) atoms. The van der Waals surface area contributed by atoms with E-state index in [-0.39, 0.29) is 11.2 Å². The van der Waals surface area contributed by atoms with E-state index in [9.17, 15) is 17.3 Å². The zero-order valence-electron chi connectivity index (χ0n) is 13.7. The van der Waals surface area contributed by atoms with Gasteiger partial charge in [-0.1, -0.05) is 0 Å². The first-order valence-electron chi connectivity index (χ1n) is 7.11. The molecule has 0 saturated carbocycles. The molecule has 0 spiro atoms. The molecule has 0 atom stereocenters. The van der Waals surface area contributed by atoms with E-state index in [1.807, 2.05) is 52.1 Å². The van der Waals surface area contributed by atoms with E-state index in [1.165, 1.54) is 3.57 Å². The zero-order valence-corrected chi connectivity index (χ0v) is 15.9. The number of hydrogen-bond acceptors (Lipinski definition) is 2. The molecule has 0 aromatic heterocycles. The molecule has 1 aliphatic heterocycles. The minimum absolute atomic E-state index is 0.324. The maximum Gasteiger partial charge on any atom is 0.673 e. The zero-order chi connectivity index (χ0) is 18.6. The third kappa shape index (κ3) is 7.10. The van der Waals surface area contributed by atoms with E-state index < -0.39 is 7.25 Å². The summed E-state index contributed by atoms with van der Waals surface area (Å²) in [7, 11) is -6.00. The topological polar surface area (TPSA) is 32.4 Å². The predicted octanol–water partition coefficient (Wildman–Crippen LogP) is 3.82. The summed E-state index contributed by atoms with van der Waals surface area (Å²) in [6, 6.07) is 8.17. The van der Waals surface area contributed by atoms with Gasteiger partial charge < -0.3 is 26.7 Å². The molecule has 0 aliphatic carbocycles. The maximum absolute atomic E-state index is 9.75. The minimum Gasteiger partial charge on any atom is -0.455 e. The summed E-state index contributed by atoms with van der Waals surface area (Å²) < 4.78 is 51.8. The fourth-order valence-corrected chi connectivity index (χ4v) is 1.95. The van der Waals surface area contributed by atoms with Gasteiger partial charge >= 0.3 is 7.25 Å². The lowest BCUT2D eigenvalue weighted by atomic mass is 9.90. The number of benzene rings is 1. The van der Waals surface area contributed by atoms with E-state index in [1.54, 1.807) is 0 Å². The molecule has 0 bridgehead atoms. The van der Waals surface area contributed by atoms with Crippen molar-refractivity contribution in [1.29, 1.82) is 0 Å². The molecule has 1 heterocycles. The molecule has 134 valence electrons. The van der Waals surface area contributed by atoms with Gasteiger partial charge in [-0.05, 0) is 62.4 Å². The monoisotopic (exact) mass is 459 g/mol. The number of allylic oxidation sites excluding steroid dienone is 1. The molecule has 1 aromatic rings. The third-order valence-corrected chi connectivity index (χ3v) is 4.19. The lowest BCUT2D eigenvalue weighted by Crippen LogP contribution is -2.61. The molecule has 1 saturated heterocycles. The van der Waals surface area contributed by atoms with Crippen molar-refractivity contribution in [3.8, 4) is 0 Å². The summed E-state index contributed by atoms with van der Waals surface area (Å²) in [6.45, 7) is 8.11. The first-order chi connectivity index (χ1) is 10.8. The molecule has 0 unspecified atom stereocenters. The Hall–Kier alpha value is -1.26. The van der Waals surface area contributed by atoms with Crippen molar-refractivity contribution in [2.24, 2.45) is 0 Å². The van der Waals surface area contributed by atoms with Gasteiger partial charge in [0.05, 0.1) is 6.08 Å². The van der Waals surface area contributed by atoms with Gasteiger partial charge in [0.2, 0.25) is 5.69 Å². The first-order valence-corrected chi connectivity index (χ1v) is 8.19. The van der Waals surface area contributed by atoms with Crippen molar-refractivity contribution in [2.75, 3.05) is 0 Å². The molecular weight excluding hydrogens is 440 g/mol. The second kappa shape index (κ2) is 7.75. The SMILES string of the molecule is CC1(C)OC(=CC=[NH+]c2ccc(I)cc2)OC1(C)C.F[B-](F)(F)F. The lowest BCUT2D eigenvalue weighted by Gasteiger charge is -2.28. The van der Waals surface area contributed by atoms with Gasteiger partial charge in [-0.15, -0.1) is 0 Å². The van der Waals surface area contributed by atoms with Crippen molar-refractivity contribution in [1.82, 2.24) is 0 Å². The Morgan fingerprint density at radius 2 is 1.38 bits per heavy atom. The Bertz CT molecular complexity index is 589. The van der Waals surface area contributed by atoms with Gasteiger partial charge in [0.15, 0.2) is 6.21 Å². The van der Waals surface area contributed by atoms with Crippen molar-refractivity contribution >= 4 is 41.7 Å².